The molecule has 26 heavy (non-hydrogen) atoms. The Bertz CT molecular complexity index is 1010. The Morgan fingerprint density at radius 2 is 1.77 bits per heavy atom. The third-order valence-corrected chi connectivity index (χ3v) is 4.16. The van der Waals surface area contributed by atoms with Crippen LogP contribution in [0, 0.1) is 0 Å². The number of aryl methyl sites for hydroxylation is 1. The minimum atomic E-state index is -0.319. The number of urea groups is 1. The maximum atomic E-state index is 12.8. The van der Waals surface area contributed by atoms with Gasteiger partial charge < -0.3 is 14.6 Å². The number of rotatable bonds is 4. The quantitative estimate of drug-likeness (QED) is 0.781. The van der Waals surface area contributed by atoms with Crippen LogP contribution in [0.2, 0.25) is 0 Å². The second-order valence-corrected chi connectivity index (χ2v) is 5.89. The highest BCUT2D eigenvalue weighted by Gasteiger charge is 2.17. The summed E-state index contributed by atoms with van der Waals surface area (Å²) in [5, 5.41) is 4.16. The number of ether oxygens (including phenoxy) is 1. The summed E-state index contributed by atoms with van der Waals surface area (Å²) in [5.74, 6) is 0.637. The van der Waals surface area contributed by atoms with Gasteiger partial charge in [0.15, 0.2) is 0 Å². The van der Waals surface area contributed by atoms with Crippen LogP contribution in [0.3, 0.4) is 0 Å². The number of carbonyl (C=O) groups is 1. The van der Waals surface area contributed by atoms with E-state index in [4.69, 9.17) is 4.74 Å². The van der Waals surface area contributed by atoms with Crippen molar-refractivity contribution in [2.75, 3.05) is 23.9 Å². The summed E-state index contributed by atoms with van der Waals surface area (Å²) in [4.78, 5) is 26.5. The van der Waals surface area contributed by atoms with E-state index in [0.29, 0.717) is 34.5 Å². The molecule has 0 unspecified atom stereocenters. The first-order valence-electron chi connectivity index (χ1n) is 8.37. The molecule has 0 bridgehead atoms. The number of nitrogens with zero attached hydrogens (tertiary/aromatic N) is 2. The highest BCUT2D eigenvalue weighted by atomic mass is 16.5. The Labute approximate surface area is 151 Å². The lowest BCUT2D eigenvalue weighted by molar-refractivity contribution is 0.257. The van der Waals surface area contributed by atoms with Crippen LogP contribution in [0.25, 0.3) is 10.8 Å². The van der Waals surface area contributed by atoms with E-state index in [0.717, 1.165) is 0 Å². The molecule has 0 aliphatic heterocycles. The van der Waals surface area contributed by atoms with Gasteiger partial charge in [0.05, 0.1) is 18.0 Å². The smallest absolute Gasteiger partial charge is 0.326 e. The van der Waals surface area contributed by atoms with Crippen LogP contribution in [0.15, 0.2) is 59.5 Å². The molecule has 1 N–H and O–H groups in total. The van der Waals surface area contributed by atoms with E-state index in [1.807, 2.05) is 43.3 Å². The largest absolute Gasteiger partial charge is 0.492 e. The van der Waals surface area contributed by atoms with E-state index < -0.39 is 0 Å². The highest BCUT2D eigenvalue weighted by Crippen LogP contribution is 2.28. The fourth-order valence-corrected chi connectivity index (χ4v) is 2.84. The molecular formula is C20H21N3O3. The molecule has 3 aromatic rings. The number of benzene rings is 2. The van der Waals surface area contributed by atoms with Gasteiger partial charge in [-0.3, -0.25) is 9.69 Å². The molecule has 1 heterocycles. The summed E-state index contributed by atoms with van der Waals surface area (Å²) in [7, 11) is 3.34. The standard InChI is InChI=1S/C20H21N3O3/c1-4-26-18-12-8-7-11-17(18)23(3)20(25)21-16-13-22(2)19(24)15-10-6-5-9-14(15)16/h5-13H,4H2,1-3H3,(H,21,25). The van der Waals surface area contributed by atoms with Crippen LogP contribution < -0.4 is 20.5 Å². The SMILES string of the molecule is CCOc1ccccc1N(C)C(=O)Nc1cn(C)c(=O)c2ccccc12. The number of nitrogens with one attached hydrogen (secondary N) is 1. The molecule has 0 radical (unpaired) electrons. The lowest BCUT2D eigenvalue weighted by Crippen LogP contribution is -2.32. The predicted octanol–water partition coefficient (Wildman–Crippen LogP) is 3.61. The topological polar surface area (TPSA) is 63.6 Å². The number of carbonyl (C=O) groups excluding carboxylic acids is 1. The molecule has 0 atom stereocenters. The molecule has 0 aliphatic rings. The molecule has 0 saturated heterocycles. The molecular weight excluding hydrogens is 330 g/mol. The highest BCUT2D eigenvalue weighted by molar-refractivity contribution is 6.07. The van der Waals surface area contributed by atoms with Gasteiger partial charge in [0.2, 0.25) is 0 Å². The summed E-state index contributed by atoms with van der Waals surface area (Å²) in [6.45, 7) is 2.41. The molecule has 0 spiro atoms. The van der Waals surface area contributed by atoms with Crippen LogP contribution in [0.5, 0.6) is 5.75 Å². The fraction of sp³-hybridized carbons (Fsp3) is 0.200. The lowest BCUT2D eigenvalue weighted by atomic mass is 10.1. The third-order valence-electron chi connectivity index (χ3n) is 4.16. The van der Waals surface area contributed by atoms with Crippen LogP contribution >= 0.6 is 0 Å². The number of hydrogen-bond acceptors (Lipinski definition) is 3. The monoisotopic (exact) mass is 351 g/mol. The molecule has 6 heteroatoms. The number of hydrogen-bond donors (Lipinski definition) is 1. The molecule has 134 valence electrons. The van der Waals surface area contributed by atoms with E-state index in [1.165, 1.54) is 9.47 Å². The van der Waals surface area contributed by atoms with Crippen molar-refractivity contribution in [1.82, 2.24) is 4.57 Å². The van der Waals surface area contributed by atoms with Gasteiger partial charge in [-0.1, -0.05) is 30.3 Å². The fourth-order valence-electron chi connectivity index (χ4n) is 2.84. The molecule has 2 aromatic carbocycles. The summed E-state index contributed by atoms with van der Waals surface area (Å²) >= 11 is 0. The van der Waals surface area contributed by atoms with Crippen molar-refractivity contribution in [2.45, 2.75) is 6.92 Å². The Morgan fingerprint density at radius 1 is 1.12 bits per heavy atom. The first-order chi connectivity index (χ1) is 12.5. The van der Waals surface area contributed by atoms with Crippen molar-refractivity contribution in [3.63, 3.8) is 0 Å². The summed E-state index contributed by atoms with van der Waals surface area (Å²) in [6.07, 6.45) is 1.63. The summed E-state index contributed by atoms with van der Waals surface area (Å²) < 4.78 is 7.06. The normalized spacial score (nSPS) is 10.6. The van der Waals surface area contributed by atoms with Crippen molar-refractivity contribution in [2.24, 2.45) is 7.05 Å². The molecule has 6 nitrogen and oxygen atoms in total. The second-order valence-electron chi connectivity index (χ2n) is 5.89. The number of aromatic nitrogens is 1. The van der Waals surface area contributed by atoms with E-state index in [-0.39, 0.29) is 11.6 Å². The minimum absolute atomic E-state index is 0.103. The zero-order valence-corrected chi connectivity index (χ0v) is 15.0. The maximum Gasteiger partial charge on any atom is 0.326 e. The number of anilines is 2. The van der Waals surface area contributed by atoms with Crippen molar-refractivity contribution in [3.05, 3.63) is 65.1 Å². The molecule has 1 aromatic heterocycles. The molecule has 3 rings (SSSR count). The van der Waals surface area contributed by atoms with Crippen LogP contribution in [0.1, 0.15) is 6.92 Å². The van der Waals surface area contributed by atoms with Gasteiger partial charge in [-0.2, -0.15) is 0 Å². The van der Waals surface area contributed by atoms with Gasteiger partial charge in [-0.05, 0) is 25.1 Å². The number of pyridine rings is 1. The van der Waals surface area contributed by atoms with E-state index in [9.17, 15) is 9.59 Å². The second kappa shape index (κ2) is 7.31. The average Bonchev–Trinajstić information content (AvgIpc) is 2.66. The van der Waals surface area contributed by atoms with Crippen LogP contribution in [0.4, 0.5) is 16.2 Å². The van der Waals surface area contributed by atoms with E-state index in [2.05, 4.69) is 5.32 Å². The van der Waals surface area contributed by atoms with Crippen molar-refractivity contribution in [3.8, 4) is 5.75 Å². The van der Waals surface area contributed by atoms with Crippen molar-refractivity contribution < 1.29 is 9.53 Å². The molecule has 0 fully saturated rings. The Balaban J connectivity index is 1.95. The Kier molecular flexibility index (Phi) is 4.93. The maximum absolute atomic E-state index is 12.8. The van der Waals surface area contributed by atoms with Gasteiger partial charge in [0, 0.05) is 31.1 Å². The number of fused-ring (bicyclic) bond motifs is 1. The summed E-state index contributed by atoms with van der Waals surface area (Å²) in [5.41, 5.74) is 1.14. The predicted molar refractivity (Wildman–Crippen MR) is 104 cm³/mol. The number of para-hydroxylation sites is 2. The first-order valence-corrected chi connectivity index (χ1v) is 8.37. The molecule has 0 saturated carbocycles. The van der Waals surface area contributed by atoms with E-state index >= 15 is 0 Å². The van der Waals surface area contributed by atoms with E-state index in [1.54, 1.807) is 32.4 Å². The van der Waals surface area contributed by atoms with Crippen LogP contribution in [-0.2, 0) is 7.05 Å². The Morgan fingerprint density at radius 3 is 2.50 bits per heavy atom. The lowest BCUT2D eigenvalue weighted by Gasteiger charge is -2.21. The van der Waals surface area contributed by atoms with Gasteiger partial charge in [-0.25, -0.2) is 4.79 Å². The third kappa shape index (κ3) is 3.26. The number of amides is 2. The van der Waals surface area contributed by atoms with Gasteiger partial charge >= 0.3 is 6.03 Å². The average molecular weight is 351 g/mol. The van der Waals surface area contributed by atoms with Gasteiger partial charge in [0.25, 0.3) is 5.56 Å². The molecule has 2 amide bonds. The van der Waals surface area contributed by atoms with Crippen molar-refractivity contribution in [1.29, 1.82) is 0 Å². The van der Waals surface area contributed by atoms with Crippen LogP contribution in [-0.4, -0.2) is 24.3 Å². The van der Waals surface area contributed by atoms with Crippen molar-refractivity contribution >= 4 is 28.2 Å². The molecule has 0 aliphatic carbocycles. The first kappa shape index (κ1) is 17.5. The Hall–Kier alpha value is -3.28. The van der Waals surface area contributed by atoms with Gasteiger partial charge in [0.1, 0.15) is 5.75 Å². The minimum Gasteiger partial charge on any atom is -0.492 e. The summed E-state index contributed by atoms with van der Waals surface area (Å²) in [6, 6.07) is 14.3. The van der Waals surface area contributed by atoms with Gasteiger partial charge in [-0.15, -0.1) is 0 Å². The zero-order valence-electron chi connectivity index (χ0n) is 15.0. The zero-order chi connectivity index (χ0) is 18.7.